The lowest BCUT2D eigenvalue weighted by Gasteiger charge is -2.33. The van der Waals surface area contributed by atoms with Crippen molar-refractivity contribution in [1.82, 2.24) is 10.2 Å². The minimum Gasteiger partial charge on any atom is -0.352 e. The molecule has 0 saturated carbocycles. The van der Waals surface area contributed by atoms with Gasteiger partial charge < -0.3 is 16.0 Å². The van der Waals surface area contributed by atoms with Crippen molar-refractivity contribution in [3.63, 3.8) is 0 Å². The van der Waals surface area contributed by atoms with E-state index in [2.05, 4.69) is 5.32 Å². The SMILES string of the molecule is Cc1ccc(C(N)C(=O)NC2CCN(C(=O)c3ccccc3F)CC2)cc1. The van der Waals surface area contributed by atoms with Crippen LogP contribution < -0.4 is 11.1 Å². The van der Waals surface area contributed by atoms with Crippen molar-refractivity contribution >= 4 is 11.8 Å². The number of hydrogen-bond acceptors (Lipinski definition) is 3. The van der Waals surface area contributed by atoms with Gasteiger partial charge in [-0.05, 0) is 37.5 Å². The third kappa shape index (κ3) is 4.52. The van der Waals surface area contributed by atoms with E-state index in [1.165, 1.54) is 12.1 Å². The van der Waals surface area contributed by atoms with Crippen LogP contribution in [0.2, 0.25) is 0 Å². The van der Waals surface area contributed by atoms with Crippen LogP contribution >= 0.6 is 0 Å². The van der Waals surface area contributed by atoms with Crippen LogP contribution in [0.3, 0.4) is 0 Å². The fourth-order valence-corrected chi connectivity index (χ4v) is 3.25. The van der Waals surface area contributed by atoms with E-state index < -0.39 is 11.9 Å². The van der Waals surface area contributed by atoms with Crippen molar-refractivity contribution < 1.29 is 14.0 Å². The first-order valence-electron chi connectivity index (χ1n) is 9.12. The Labute approximate surface area is 158 Å². The first-order chi connectivity index (χ1) is 13.0. The molecule has 0 radical (unpaired) electrons. The van der Waals surface area contributed by atoms with Gasteiger partial charge in [-0.25, -0.2) is 4.39 Å². The molecule has 2 aromatic carbocycles. The quantitative estimate of drug-likeness (QED) is 0.870. The Morgan fingerprint density at radius 1 is 1.11 bits per heavy atom. The first kappa shape index (κ1) is 19.0. The number of aryl methyl sites for hydroxylation is 1. The van der Waals surface area contributed by atoms with E-state index in [1.54, 1.807) is 17.0 Å². The molecular formula is C21H24FN3O2. The molecule has 142 valence electrons. The molecule has 1 atom stereocenters. The Balaban J connectivity index is 1.53. The summed E-state index contributed by atoms with van der Waals surface area (Å²) in [7, 11) is 0. The second kappa shape index (κ2) is 8.31. The average Bonchev–Trinajstić information content (AvgIpc) is 2.68. The number of amides is 2. The van der Waals surface area contributed by atoms with Crippen LogP contribution in [0.4, 0.5) is 4.39 Å². The predicted molar refractivity (Wildman–Crippen MR) is 102 cm³/mol. The van der Waals surface area contributed by atoms with E-state index in [0.29, 0.717) is 25.9 Å². The fraction of sp³-hybridized carbons (Fsp3) is 0.333. The number of carbonyl (C=O) groups is 2. The molecule has 3 rings (SSSR count). The zero-order valence-electron chi connectivity index (χ0n) is 15.3. The van der Waals surface area contributed by atoms with Crippen LogP contribution in [0, 0.1) is 12.7 Å². The summed E-state index contributed by atoms with van der Waals surface area (Å²) in [6, 6.07) is 12.8. The molecule has 5 nitrogen and oxygen atoms in total. The highest BCUT2D eigenvalue weighted by Gasteiger charge is 2.27. The van der Waals surface area contributed by atoms with Gasteiger partial charge in [0.2, 0.25) is 5.91 Å². The Morgan fingerprint density at radius 2 is 1.74 bits per heavy atom. The van der Waals surface area contributed by atoms with Crippen LogP contribution in [0.5, 0.6) is 0 Å². The van der Waals surface area contributed by atoms with Gasteiger partial charge in [-0.1, -0.05) is 42.0 Å². The van der Waals surface area contributed by atoms with Crippen LogP contribution in [0.15, 0.2) is 48.5 Å². The van der Waals surface area contributed by atoms with E-state index in [4.69, 9.17) is 5.73 Å². The molecule has 0 spiro atoms. The molecule has 1 heterocycles. The summed E-state index contributed by atoms with van der Waals surface area (Å²) in [6.45, 7) is 2.92. The highest BCUT2D eigenvalue weighted by atomic mass is 19.1. The van der Waals surface area contributed by atoms with Crippen LogP contribution in [-0.4, -0.2) is 35.8 Å². The number of rotatable bonds is 4. The highest BCUT2D eigenvalue weighted by Crippen LogP contribution is 2.17. The Hall–Kier alpha value is -2.73. The molecule has 1 unspecified atom stereocenters. The molecule has 0 aliphatic carbocycles. The Kier molecular flexibility index (Phi) is 5.86. The van der Waals surface area contributed by atoms with Gasteiger partial charge >= 0.3 is 0 Å². The fourth-order valence-electron chi connectivity index (χ4n) is 3.25. The van der Waals surface area contributed by atoms with Crippen molar-refractivity contribution in [3.05, 3.63) is 71.0 Å². The summed E-state index contributed by atoms with van der Waals surface area (Å²) in [4.78, 5) is 26.5. The number of hydrogen-bond donors (Lipinski definition) is 2. The van der Waals surface area contributed by atoms with E-state index in [1.807, 2.05) is 31.2 Å². The monoisotopic (exact) mass is 369 g/mol. The molecule has 6 heteroatoms. The summed E-state index contributed by atoms with van der Waals surface area (Å²) in [5.41, 5.74) is 8.02. The minimum atomic E-state index is -0.719. The predicted octanol–water partition coefficient (Wildman–Crippen LogP) is 2.55. The van der Waals surface area contributed by atoms with E-state index in [0.717, 1.165) is 11.1 Å². The summed E-state index contributed by atoms with van der Waals surface area (Å²) < 4.78 is 13.8. The molecule has 0 bridgehead atoms. The number of piperidine rings is 1. The Bertz CT molecular complexity index is 814. The standard InChI is InChI=1S/C21H24FN3O2/c1-14-6-8-15(9-7-14)19(23)20(26)24-16-10-12-25(13-11-16)21(27)17-4-2-3-5-18(17)22/h2-9,16,19H,10-13,23H2,1H3,(H,24,26). The average molecular weight is 369 g/mol. The molecule has 27 heavy (non-hydrogen) atoms. The van der Waals surface area contributed by atoms with Gasteiger partial charge in [0.1, 0.15) is 11.9 Å². The van der Waals surface area contributed by atoms with Gasteiger partial charge in [0.25, 0.3) is 5.91 Å². The van der Waals surface area contributed by atoms with Crippen molar-refractivity contribution in [1.29, 1.82) is 0 Å². The minimum absolute atomic E-state index is 0.0429. The summed E-state index contributed by atoms with van der Waals surface area (Å²) in [5.74, 6) is -1.05. The van der Waals surface area contributed by atoms with Crippen LogP contribution in [0.25, 0.3) is 0 Å². The molecule has 1 aliphatic rings. The highest BCUT2D eigenvalue weighted by molar-refractivity contribution is 5.94. The van der Waals surface area contributed by atoms with Crippen molar-refractivity contribution in [3.8, 4) is 0 Å². The number of nitrogens with one attached hydrogen (secondary N) is 1. The maximum Gasteiger partial charge on any atom is 0.256 e. The number of carbonyl (C=O) groups excluding carboxylic acids is 2. The first-order valence-corrected chi connectivity index (χ1v) is 9.12. The van der Waals surface area contributed by atoms with Crippen molar-refractivity contribution in [2.75, 3.05) is 13.1 Å². The van der Waals surface area contributed by atoms with Crippen LogP contribution in [0.1, 0.15) is 40.4 Å². The third-order valence-corrected chi connectivity index (χ3v) is 4.95. The molecule has 2 aromatic rings. The maximum atomic E-state index is 13.8. The van der Waals surface area contributed by atoms with E-state index >= 15 is 0 Å². The lowest BCUT2D eigenvalue weighted by Crippen LogP contribution is -2.48. The molecule has 1 saturated heterocycles. The zero-order valence-corrected chi connectivity index (χ0v) is 15.3. The smallest absolute Gasteiger partial charge is 0.256 e. The van der Waals surface area contributed by atoms with Gasteiger partial charge in [0, 0.05) is 19.1 Å². The summed E-state index contributed by atoms with van der Waals surface area (Å²) >= 11 is 0. The van der Waals surface area contributed by atoms with Gasteiger partial charge in [0.15, 0.2) is 0 Å². The topological polar surface area (TPSA) is 75.4 Å². The molecular weight excluding hydrogens is 345 g/mol. The van der Waals surface area contributed by atoms with Gasteiger partial charge in [0.05, 0.1) is 5.56 Å². The normalized spacial score (nSPS) is 16.0. The lowest BCUT2D eigenvalue weighted by atomic mass is 10.0. The second-order valence-corrected chi connectivity index (χ2v) is 6.94. The molecule has 0 aromatic heterocycles. The van der Waals surface area contributed by atoms with Crippen molar-refractivity contribution in [2.24, 2.45) is 5.73 Å². The number of likely N-dealkylation sites (tertiary alicyclic amines) is 1. The lowest BCUT2D eigenvalue weighted by molar-refractivity contribution is -0.123. The van der Waals surface area contributed by atoms with Gasteiger partial charge in [-0.3, -0.25) is 9.59 Å². The molecule has 1 fully saturated rings. The Morgan fingerprint density at radius 3 is 2.37 bits per heavy atom. The van der Waals surface area contributed by atoms with Gasteiger partial charge in [-0.2, -0.15) is 0 Å². The number of nitrogens with zero attached hydrogens (tertiary/aromatic N) is 1. The van der Waals surface area contributed by atoms with Crippen LogP contribution in [-0.2, 0) is 4.79 Å². The zero-order chi connectivity index (χ0) is 19.4. The largest absolute Gasteiger partial charge is 0.352 e. The number of benzene rings is 2. The van der Waals surface area contributed by atoms with E-state index in [9.17, 15) is 14.0 Å². The molecule has 1 aliphatic heterocycles. The van der Waals surface area contributed by atoms with Crippen molar-refractivity contribution in [2.45, 2.75) is 31.8 Å². The maximum absolute atomic E-state index is 13.8. The number of nitrogens with two attached hydrogens (primary N) is 1. The summed E-state index contributed by atoms with van der Waals surface area (Å²) in [5, 5.41) is 2.97. The second-order valence-electron chi connectivity index (χ2n) is 6.94. The van der Waals surface area contributed by atoms with Gasteiger partial charge in [-0.15, -0.1) is 0 Å². The third-order valence-electron chi connectivity index (χ3n) is 4.95. The molecule has 3 N–H and O–H groups in total. The number of halogens is 1. The molecule has 2 amide bonds. The van der Waals surface area contributed by atoms with E-state index in [-0.39, 0.29) is 23.4 Å². The summed E-state index contributed by atoms with van der Waals surface area (Å²) in [6.07, 6.45) is 1.24.